The van der Waals surface area contributed by atoms with Gasteiger partial charge in [-0.15, -0.1) is 0 Å². The summed E-state index contributed by atoms with van der Waals surface area (Å²) in [4.78, 5) is 24.9. The number of aryl methyl sites for hydroxylation is 1. The third-order valence-electron chi connectivity index (χ3n) is 7.60. The molecule has 45 heavy (non-hydrogen) atoms. The van der Waals surface area contributed by atoms with E-state index >= 15 is 0 Å². The van der Waals surface area contributed by atoms with Crippen molar-refractivity contribution in [2.24, 2.45) is 0 Å². The summed E-state index contributed by atoms with van der Waals surface area (Å²) in [5, 5.41) is 18.7. The molecule has 5 rings (SSSR count). The van der Waals surface area contributed by atoms with E-state index in [9.17, 15) is 14.7 Å². The second-order valence-corrected chi connectivity index (χ2v) is 11.9. The topological polar surface area (TPSA) is 93.4 Å². The molecule has 2 N–H and O–H groups in total. The Morgan fingerprint density at radius 1 is 0.911 bits per heavy atom. The molecule has 5 aromatic rings. The summed E-state index contributed by atoms with van der Waals surface area (Å²) < 4.78 is 8.00. The fraction of sp³-hybridized carbons (Fsp3) is 0.194. The molecule has 0 radical (unpaired) electrons. The minimum absolute atomic E-state index is 0.0161. The average molecular weight is 643 g/mol. The maximum atomic E-state index is 13.1. The number of hydrogen-bond donors (Lipinski definition) is 2. The lowest BCUT2D eigenvalue weighted by Gasteiger charge is -2.16. The van der Waals surface area contributed by atoms with E-state index in [1.807, 2.05) is 37.4 Å². The fourth-order valence-corrected chi connectivity index (χ4v) is 5.73. The zero-order valence-corrected chi connectivity index (χ0v) is 26.7. The molecule has 1 heterocycles. The van der Waals surface area contributed by atoms with E-state index in [1.54, 1.807) is 59.3 Å². The third kappa shape index (κ3) is 7.28. The number of aromatic nitrogens is 2. The average Bonchev–Trinajstić information content (AvgIpc) is 3.44. The van der Waals surface area contributed by atoms with Gasteiger partial charge in [0.2, 0.25) is 0 Å². The first kappa shape index (κ1) is 32.0. The van der Waals surface area contributed by atoms with E-state index in [0.717, 1.165) is 33.7 Å². The number of ketones is 1. The summed E-state index contributed by atoms with van der Waals surface area (Å²) >= 11 is 13.0. The Kier molecular flexibility index (Phi) is 10.0. The first-order valence-corrected chi connectivity index (χ1v) is 15.3. The molecule has 4 aromatic carbocycles. The highest BCUT2D eigenvalue weighted by atomic mass is 35.5. The Morgan fingerprint density at radius 2 is 1.64 bits per heavy atom. The molecule has 0 amide bonds. The van der Waals surface area contributed by atoms with E-state index < -0.39 is 5.97 Å². The van der Waals surface area contributed by atoms with Gasteiger partial charge in [-0.3, -0.25) is 4.79 Å². The molecule has 230 valence electrons. The van der Waals surface area contributed by atoms with E-state index in [4.69, 9.17) is 27.9 Å². The molecule has 0 saturated heterocycles. The Balaban J connectivity index is 1.26. The van der Waals surface area contributed by atoms with Crippen molar-refractivity contribution in [3.05, 3.63) is 146 Å². The number of nitrogens with zero attached hydrogens (tertiary/aromatic N) is 2. The zero-order chi connectivity index (χ0) is 32.1. The van der Waals surface area contributed by atoms with Crippen LogP contribution in [-0.4, -0.2) is 26.6 Å². The minimum Gasteiger partial charge on any atom is -0.487 e. The van der Waals surface area contributed by atoms with Crippen LogP contribution in [0.3, 0.4) is 0 Å². The summed E-state index contributed by atoms with van der Waals surface area (Å²) in [5.74, 6) is -0.511. The first-order chi connectivity index (χ1) is 21.6. The molecule has 0 aliphatic heterocycles. The molecule has 0 fully saturated rings. The van der Waals surface area contributed by atoms with Gasteiger partial charge in [-0.1, -0.05) is 85.6 Å². The van der Waals surface area contributed by atoms with Crippen molar-refractivity contribution in [1.29, 1.82) is 0 Å². The highest BCUT2D eigenvalue weighted by Gasteiger charge is 2.20. The molecule has 0 unspecified atom stereocenters. The second-order valence-electron chi connectivity index (χ2n) is 11.0. The van der Waals surface area contributed by atoms with Crippen molar-refractivity contribution in [3.8, 4) is 11.4 Å². The van der Waals surface area contributed by atoms with Crippen molar-refractivity contribution in [1.82, 2.24) is 15.1 Å². The fourth-order valence-electron chi connectivity index (χ4n) is 5.17. The Labute approximate surface area is 272 Å². The highest BCUT2D eigenvalue weighted by molar-refractivity contribution is 6.37. The van der Waals surface area contributed by atoms with Crippen LogP contribution in [0.2, 0.25) is 10.0 Å². The van der Waals surface area contributed by atoms with Crippen LogP contribution in [0.5, 0.6) is 5.75 Å². The third-order valence-corrected chi connectivity index (χ3v) is 8.21. The predicted molar refractivity (Wildman–Crippen MR) is 177 cm³/mol. The zero-order valence-electron chi connectivity index (χ0n) is 25.2. The van der Waals surface area contributed by atoms with Crippen LogP contribution < -0.4 is 10.1 Å². The lowest BCUT2D eigenvalue weighted by molar-refractivity contribution is 0.0692. The number of carboxylic acids is 1. The van der Waals surface area contributed by atoms with Gasteiger partial charge in [-0.2, -0.15) is 5.10 Å². The second kappa shape index (κ2) is 14.1. The molecule has 0 spiro atoms. The van der Waals surface area contributed by atoms with Crippen LogP contribution in [0.15, 0.2) is 91.1 Å². The van der Waals surface area contributed by atoms with Gasteiger partial charge in [-0.05, 0) is 71.5 Å². The largest absolute Gasteiger partial charge is 0.487 e. The SMILES string of the molecule is Cc1cc(OCc2c(C(C)C)cnn2-c2c(Cl)cccc2Cl)ccc1CNCc1ccc(C(=O)O)c(C(=O)c2ccccc2)c1. The molecule has 1 aromatic heterocycles. The van der Waals surface area contributed by atoms with Crippen molar-refractivity contribution in [2.75, 3.05) is 0 Å². The standard InChI is InChI=1S/C36H33Cl2N3O4/c1-22(2)30-20-40-41(34-31(37)10-7-11-32(34)38)33(30)21-45-27-14-13-26(23(3)16-27)19-39-18-24-12-15-28(36(43)44)29(17-24)35(42)25-8-5-4-6-9-25/h4-17,20,22,39H,18-19,21H2,1-3H3,(H,43,44). The number of rotatable bonds is 12. The lowest BCUT2D eigenvalue weighted by atomic mass is 9.96. The quantitative estimate of drug-likeness (QED) is 0.133. The summed E-state index contributed by atoms with van der Waals surface area (Å²) in [6.45, 7) is 7.54. The Hall–Kier alpha value is -4.43. The van der Waals surface area contributed by atoms with Gasteiger partial charge in [0.25, 0.3) is 0 Å². The summed E-state index contributed by atoms with van der Waals surface area (Å²) in [5.41, 5.74) is 6.10. The maximum Gasteiger partial charge on any atom is 0.336 e. The summed E-state index contributed by atoms with van der Waals surface area (Å²) in [7, 11) is 0. The summed E-state index contributed by atoms with van der Waals surface area (Å²) in [6.07, 6.45) is 1.83. The van der Waals surface area contributed by atoms with E-state index in [1.165, 1.54) is 6.07 Å². The number of benzene rings is 4. The smallest absolute Gasteiger partial charge is 0.336 e. The van der Waals surface area contributed by atoms with Gasteiger partial charge in [0.1, 0.15) is 18.0 Å². The molecule has 0 bridgehead atoms. The maximum absolute atomic E-state index is 13.1. The van der Waals surface area contributed by atoms with Crippen LogP contribution in [0.25, 0.3) is 5.69 Å². The molecule has 7 nitrogen and oxygen atoms in total. The van der Waals surface area contributed by atoms with E-state index in [2.05, 4.69) is 24.3 Å². The predicted octanol–water partition coefficient (Wildman–Crippen LogP) is 8.41. The molecule has 9 heteroatoms. The van der Waals surface area contributed by atoms with Gasteiger partial charge in [0.05, 0.1) is 27.5 Å². The molecule has 0 saturated carbocycles. The number of carboxylic acid groups (broad SMARTS) is 1. The van der Waals surface area contributed by atoms with Gasteiger partial charge < -0.3 is 15.2 Å². The molecular formula is C36H33Cl2N3O4. The van der Waals surface area contributed by atoms with Crippen molar-refractivity contribution >= 4 is 35.0 Å². The van der Waals surface area contributed by atoms with Gasteiger partial charge in [-0.25, -0.2) is 9.48 Å². The van der Waals surface area contributed by atoms with Crippen molar-refractivity contribution in [3.63, 3.8) is 0 Å². The van der Waals surface area contributed by atoms with Crippen LogP contribution in [0.4, 0.5) is 0 Å². The van der Waals surface area contributed by atoms with Gasteiger partial charge in [0.15, 0.2) is 5.78 Å². The minimum atomic E-state index is -1.13. The van der Waals surface area contributed by atoms with E-state index in [0.29, 0.717) is 34.4 Å². The molecule has 0 aliphatic carbocycles. The van der Waals surface area contributed by atoms with Crippen LogP contribution in [-0.2, 0) is 19.7 Å². The first-order valence-electron chi connectivity index (χ1n) is 14.5. The van der Waals surface area contributed by atoms with Gasteiger partial charge in [0, 0.05) is 24.2 Å². The monoisotopic (exact) mass is 641 g/mol. The van der Waals surface area contributed by atoms with E-state index in [-0.39, 0.29) is 29.4 Å². The van der Waals surface area contributed by atoms with Crippen molar-refractivity contribution in [2.45, 2.75) is 46.4 Å². The Bertz CT molecular complexity index is 1830. The Morgan fingerprint density at radius 3 is 2.31 bits per heavy atom. The molecule has 0 aliphatic rings. The van der Waals surface area contributed by atoms with Gasteiger partial charge >= 0.3 is 5.97 Å². The number of halogens is 2. The number of hydrogen-bond acceptors (Lipinski definition) is 5. The number of ether oxygens (including phenoxy) is 1. The van der Waals surface area contributed by atoms with Crippen molar-refractivity contribution < 1.29 is 19.4 Å². The molecule has 0 atom stereocenters. The number of aromatic carboxylic acids is 1. The number of para-hydroxylation sites is 1. The highest BCUT2D eigenvalue weighted by Crippen LogP contribution is 2.32. The van der Waals surface area contributed by atoms with Crippen LogP contribution >= 0.6 is 23.2 Å². The number of nitrogens with one attached hydrogen (secondary N) is 1. The number of carbonyl (C=O) groups is 2. The normalized spacial score (nSPS) is 11.2. The van der Waals surface area contributed by atoms with Crippen LogP contribution in [0.1, 0.15) is 74.0 Å². The van der Waals surface area contributed by atoms with Crippen LogP contribution in [0, 0.1) is 6.92 Å². The summed E-state index contributed by atoms with van der Waals surface area (Å²) in [6, 6.07) is 24.9. The number of carbonyl (C=O) groups excluding carboxylic acids is 1. The lowest BCUT2D eigenvalue weighted by Crippen LogP contribution is -2.16. The molecular weight excluding hydrogens is 609 g/mol.